The Morgan fingerprint density at radius 1 is 1.04 bits per heavy atom. The highest BCUT2D eigenvalue weighted by molar-refractivity contribution is 9.10. The van der Waals surface area contributed by atoms with Crippen molar-refractivity contribution in [1.82, 2.24) is 9.55 Å². The molecule has 0 aliphatic heterocycles. The summed E-state index contributed by atoms with van der Waals surface area (Å²) in [5.74, 6) is 0.761. The summed E-state index contributed by atoms with van der Waals surface area (Å²) in [4.78, 5) is 4.25. The van der Waals surface area contributed by atoms with E-state index in [4.69, 9.17) is 4.74 Å². The van der Waals surface area contributed by atoms with Crippen LogP contribution in [0.4, 0.5) is 0 Å². The summed E-state index contributed by atoms with van der Waals surface area (Å²) in [5.41, 5.74) is 2.13. The number of hydrogen-bond acceptors (Lipinski definition) is 3. The first-order valence-corrected chi connectivity index (χ1v) is 8.89. The van der Waals surface area contributed by atoms with Gasteiger partial charge in [0.05, 0.1) is 12.1 Å². The van der Waals surface area contributed by atoms with Crippen molar-refractivity contribution in [3.63, 3.8) is 0 Å². The molecular weight excluding hydrogens is 380 g/mol. The van der Waals surface area contributed by atoms with Crippen LogP contribution in [0, 0.1) is 0 Å². The Bertz CT molecular complexity index is 1010. The molecule has 2 aromatic carbocycles. The van der Waals surface area contributed by atoms with Gasteiger partial charge >= 0.3 is 0 Å². The number of aliphatic hydroxyl groups is 1. The highest BCUT2D eigenvalue weighted by Crippen LogP contribution is 2.30. The third kappa shape index (κ3) is 3.25. The van der Waals surface area contributed by atoms with Crippen LogP contribution >= 0.6 is 15.9 Å². The number of ether oxygens (including phenoxy) is 1. The first-order valence-electron chi connectivity index (χ1n) is 8.10. The van der Waals surface area contributed by atoms with Gasteiger partial charge in [-0.15, -0.1) is 0 Å². The van der Waals surface area contributed by atoms with Gasteiger partial charge < -0.3 is 14.4 Å². The summed E-state index contributed by atoms with van der Waals surface area (Å²) >= 11 is 3.53. The van der Waals surface area contributed by atoms with Crippen LogP contribution in [0.25, 0.3) is 21.8 Å². The third-order valence-corrected chi connectivity index (χ3v) is 4.70. The fraction of sp³-hybridized carbons (Fsp3) is 0.150. The lowest BCUT2D eigenvalue weighted by Gasteiger charge is -2.15. The molecule has 0 aliphatic rings. The molecule has 126 valence electrons. The highest BCUT2D eigenvalue weighted by atomic mass is 79.9. The van der Waals surface area contributed by atoms with E-state index in [2.05, 4.69) is 37.6 Å². The van der Waals surface area contributed by atoms with E-state index in [0.717, 1.165) is 32.0 Å². The normalized spacial score (nSPS) is 12.6. The van der Waals surface area contributed by atoms with E-state index in [0.29, 0.717) is 6.54 Å². The lowest BCUT2D eigenvalue weighted by Crippen LogP contribution is -2.23. The maximum absolute atomic E-state index is 10.5. The Morgan fingerprint density at radius 2 is 1.84 bits per heavy atom. The third-order valence-electron chi connectivity index (χ3n) is 4.21. The van der Waals surface area contributed by atoms with Crippen LogP contribution in [0.2, 0.25) is 0 Å². The van der Waals surface area contributed by atoms with Gasteiger partial charge in [-0.05, 0) is 36.4 Å². The van der Waals surface area contributed by atoms with Crippen molar-refractivity contribution in [3.8, 4) is 5.75 Å². The van der Waals surface area contributed by atoms with Gasteiger partial charge in [0.1, 0.15) is 18.5 Å². The Labute approximate surface area is 153 Å². The van der Waals surface area contributed by atoms with Crippen LogP contribution in [0.15, 0.2) is 71.5 Å². The Kier molecular flexibility index (Phi) is 4.42. The molecule has 0 saturated heterocycles. The summed E-state index contributed by atoms with van der Waals surface area (Å²) in [5, 5.41) is 12.7. The number of rotatable bonds is 5. The molecule has 4 aromatic rings. The van der Waals surface area contributed by atoms with Gasteiger partial charge in [-0.1, -0.05) is 34.1 Å². The van der Waals surface area contributed by atoms with Crippen LogP contribution in [-0.4, -0.2) is 27.4 Å². The zero-order chi connectivity index (χ0) is 17.2. The molecule has 2 heterocycles. The number of halogens is 1. The molecule has 4 rings (SSSR count). The summed E-state index contributed by atoms with van der Waals surface area (Å²) in [6, 6.07) is 17.7. The summed E-state index contributed by atoms with van der Waals surface area (Å²) in [6.07, 6.45) is 3.03. The summed E-state index contributed by atoms with van der Waals surface area (Å²) < 4.78 is 8.82. The fourth-order valence-electron chi connectivity index (χ4n) is 3.09. The van der Waals surface area contributed by atoms with Crippen LogP contribution in [0.1, 0.15) is 0 Å². The van der Waals surface area contributed by atoms with Crippen molar-refractivity contribution in [3.05, 3.63) is 71.5 Å². The van der Waals surface area contributed by atoms with Crippen LogP contribution in [0.5, 0.6) is 5.75 Å². The molecule has 0 bridgehead atoms. The smallest absolute Gasteiger partial charge is 0.119 e. The van der Waals surface area contributed by atoms with Gasteiger partial charge in [0.2, 0.25) is 0 Å². The topological polar surface area (TPSA) is 47.3 Å². The maximum Gasteiger partial charge on any atom is 0.119 e. The van der Waals surface area contributed by atoms with Crippen molar-refractivity contribution in [2.45, 2.75) is 12.6 Å². The van der Waals surface area contributed by atoms with Gasteiger partial charge in [0.15, 0.2) is 0 Å². The molecule has 1 atom stereocenters. The SMILES string of the molecule is OC(COc1ccccc1)Cn1c2ccncc2c2cc(Br)ccc21. The first kappa shape index (κ1) is 16.1. The Morgan fingerprint density at radius 3 is 2.68 bits per heavy atom. The minimum absolute atomic E-state index is 0.243. The van der Waals surface area contributed by atoms with Crippen molar-refractivity contribution < 1.29 is 9.84 Å². The number of nitrogens with zero attached hydrogens (tertiary/aromatic N) is 2. The van der Waals surface area contributed by atoms with Crippen LogP contribution in [0.3, 0.4) is 0 Å². The molecule has 2 aromatic heterocycles. The summed E-state index contributed by atoms with van der Waals surface area (Å²) in [7, 11) is 0. The fourth-order valence-corrected chi connectivity index (χ4v) is 3.45. The van der Waals surface area contributed by atoms with E-state index >= 15 is 0 Å². The molecule has 0 aliphatic carbocycles. The zero-order valence-electron chi connectivity index (χ0n) is 13.5. The molecule has 25 heavy (non-hydrogen) atoms. The second kappa shape index (κ2) is 6.86. The van der Waals surface area contributed by atoms with Crippen molar-refractivity contribution in [2.75, 3.05) is 6.61 Å². The number of para-hydroxylation sites is 1. The predicted molar refractivity (Wildman–Crippen MR) is 103 cm³/mol. The predicted octanol–water partition coefficient (Wildman–Crippen LogP) is 4.39. The van der Waals surface area contributed by atoms with Gasteiger partial charge in [-0.3, -0.25) is 4.98 Å². The molecule has 0 fully saturated rings. The monoisotopic (exact) mass is 396 g/mol. The lowest BCUT2D eigenvalue weighted by molar-refractivity contribution is 0.0945. The van der Waals surface area contributed by atoms with Gasteiger partial charge in [-0.2, -0.15) is 0 Å². The van der Waals surface area contributed by atoms with Gasteiger partial charge in [-0.25, -0.2) is 0 Å². The minimum atomic E-state index is -0.615. The zero-order valence-corrected chi connectivity index (χ0v) is 15.1. The van der Waals surface area contributed by atoms with E-state index in [1.165, 1.54) is 0 Å². The number of pyridine rings is 1. The molecule has 0 saturated carbocycles. The largest absolute Gasteiger partial charge is 0.491 e. The van der Waals surface area contributed by atoms with E-state index in [1.54, 1.807) is 6.20 Å². The van der Waals surface area contributed by atoms with Crippen LogP contribution < -0.4 is 4.74 Å². The molecule has 1 N–H and O–H groups in total. The van der Waals surface area contributed by atoms with E-state index < -0.39 is 6.10 Å². The number of aliphatic hydroxyl groups excluding tert-OH is 1. The van der Waals surface area contributed by atoms with E-state index in [1.807, 2.05) is 48.7 Å². The molecule has 1 unspecified atom stereocenters. The van der Waals surface area contributed by atoms with Crippen molar-refractivity contribution >= 4 is 37.7 Å². The lowest BCUT2D eigenvalue weighted by atomic mass is 10.2. The van der Waals surface area contributed by atoms with Crippen molar-refractivity contribution in [2.24, 2.45) is 0 Å². The van der Waals surface area contributed by atoms with Gasteiger partial charge in [0, 0.05) is 33.2 Å². The maximum atomic E-state index is 10.5. The Hall–Kier alpha value is -2.37. The van der Waals surface area contributed by atoms with Crippen LogP contribution in [-0.2, 0) is 6.54 Å². The van der Waals surface area contributed by atoms with Crippen molar-refractivity contribution in [1.29, 1.82) is 0 Å². The molecular formula is C20H17BrN2O2. The van der Waals surface area contributed by atoms with Gasteiger partial charge in [0.25, 0.3) is 0 Å². The minimum Gasteiger partial charge on any atom is -0.491 e. The molecule has 0 radical (unpaired) electrons. The summed E-state index contributed by atoms with van der Waals surface area (Å²) in [6.45, 7) is 0.700. The second-order valence-corrected chi connectivity index (χ2v) is 6.86. The number of hydrogen-bond donors (Lipinski definition) is 1. The number of benzene rings is 2. The average Bonchev–Trinajstić information content (AvgIpc) is 2.94. The molecule has 4 nitrogen and oxygen atoms in total. The average molecular weight is 397 g/mol. The number of aromatic nitrogens is 2. The first-order chi connectivity index (χ1) is 12.2. The molecule has 0 amide bonds. The standard InChI is InChI=1S/C20H17BrN2O2/c21-14-6-7-19-17(10-14)18-11-22-9-8-20(18)23(19)12-15(24)13-25-16-4-2-1-3-5-16/h1-11,15,24H,12-13H2. The number of fused-ring (bicyclic) bond motifs is 3. The quantitative estimate of drug-likeness (QED) is 0.543. The van der Waals surface area contributed by atoms with E-state index in [-0.39, 0.29) is 6.61 Å². The van der Waals surface area contributed by atoms with E-state index in [9.17, 15) is 5.11 Å². The molecule has 0 spiro atoms. The highest BCUT2D eigenvalue weighted by Gasteiger charge is 2.14. The Balaban J connectivity index is 1.63. The second-order valence-electron chi connectivity index (χ2n) is 5.94. The molecule has 5 heteroatoms.